The molecular weight excluding hydrogens is 322 g/mol. The van der Waals surface area contributed by atoms with Gasteiger partial charge in [0.1, 0.15) is 11.6 Å². The highest BCUT2D eigenvalue weighted by molar-refractivity contribution is 6.28. The number of nitro benzene ring substituents is 1. The SMILES string of the molecule is NC(CCl)=Nc1ccccc1C(=O)Oc1ccc([N+](=O)[O-])cc1. The molecule has 7 nitrogen and oxygen atoms in total. The van der Waals surface area contributed by atoms with Gasteiger partial charge < -0.3 is 10.5 Å². The van der Waals surface area contributed by atoms with E-state index in [2.05, 4.69) is 4.99 Å². The second-order valence-corrected chi connectivity index (χ2v) is 4.66. The van der Waals surface area contributed by atoms with Gasteiger partial charge in [0.25, 0.3) is 5.69 Å². The van der Waals surface area contributed by atoms with Crippen LogP contribution in [0.1, 0.15) is 10.4 Å². The predicted molar refractivity (Wildman–Crippen MR) is 86.5 cm³/mol. The number of non-ortho nitro benzene ring substituents is 1. The summed E-state index contributed by atoms with van der Waals surface area (Å²) in [6.45, 7) is 0. The lowest BCUT2D eigenvalue weighted by atomic mass is 10.2. The summed E-state index contributed by atoms with van der Waals surface area (Å²) in [6.07, 6.45) is 0. The molecule has 0 bridgehead atoms. The molecule has 0 amide bonds. The summed E-state index contributed by atoms with van der Waals surface area (Å²) in [5, 5.41) is 10.6. The number of halogens is 1. The van der Waals surface area contributed by atoms with Gasteiger partial charge in [-0.05, 0) is 24.3 Å². The highest BCUT2D eigenvalue weighted by Crippen LogP contribution is 2.23. The largest absolute Gasteiger partial charge is 0.423 e. The van der Waals surface area contributed by atoms with Crippen molar-refractivity contribution >= 4 is 34.8 Å². The number of carbonyl (C=O) groups is 1. The number of hydrogen-bond donors (Lipinski definition) is 1. The monoisotopic (exact) mass is 333 g/mol. The summed E-state index contributed by atoms with van der Waals surface area (Å²) in [5.74, 6) is -0.265. The molecule has 0 radical (unpaired) electrons. The Morgan fingerprint density at radius 3 is 2.48 bits per heavy atom. The maximum absolute atomic E-state index is 12.2. The Bertz CT molecular complexity index is 760. The molecule has 2 rings (SSSR count). The van der Waals surface area contributed by atoms with Gasteiger partial charge in [-0.25, -0.2) is 9.79 Å². The van der Waals surface area contributed by atoms with Crippen LogP contribution in [0.2, 0.25) is 0 Å². The van der Waals surface area contributed by atoms with Crippen molar-refractivity contribution < 1.29 is 14.5 Å². The molecule has 0 aromatic heterocycles. The van der Waals surface area contributed by atoms with Crippen molar-refractivity contribution in [3.8, 4) is 5.75 Å². The zero-order chi connectivity index (χ0) is 16.8. The van der Waals surface area contributed by atoms with E-state index in [-0.39, 0.29) is 28.7 Å². The van der Waals surface area contributed by atoms with Gasteiger partial charge in [-0.2, -0.15) is 0 Å². The number of ether oxygens (including phenoxy) is 1. The first-order chi connectivity index (χ1) is 11.0. The molecule has 0 aliphatic rings. The highest BCUT2D eigenvalue weighted by atomic mass is 35.5. The molecule has 23 heavy (non-hydrogen) atoms. The molecule has 2 aromatic carbocycles. The minimum Gasteiger partial charge on any atom is -0.423 e. The van der Waals surface area contributed by atoms with Crippen molar-refractivity contribution in [3.63, 3.8) is 0 Å². The van der Waals surface area contributed by atoms with Crippen LogP contribution >= 0.6 is 11.6 Å². The van der Waals surface area contributed by atoms with Crippen LogP contribution in [0.15, 0.2) is 53.5 Å². The zero-order valence-corrected chi connectivity index (χ0v) is 12.6. The fourth-order valence-corrected chi connectivity index (χ4v) is 1.79. The minimum absolute atomic E-state index is 0.0335. The molecule has 0 aliphatic heterocycles. The number of hydrogen-bond acceptors (Lipinski definition) is 5. The Morgan fingerprint density at radius 2 is 1.87 bits per heavy atom. The van der Waals surface area contributed by atoms with Crippen LogP contribution in [-0.4, -0.2) is 22.6 Å². The fourth-order valence-electron chi connectivity index (χ4n) is 1.73. The van der Waals surface area contributed by atoms with Gasteiger partial charge >= 0.3 is 5.97 Å². The molecule has 0 heterocycles. The average molecular weight is 334 g/mol. The van der Waals surface area contributed by atoms with E-state index >= 15 is 0 Å². The van der Waals surface area contributed by atoms with Crippen molar-refractivity contribution in [2.24, 2.45) is 10.7 Å². The number of nitro groups is 1. The van der Waals surface area contributed by atoms with E-state index in [0.29, 0.717) is 5.69 Å². The van der Waals surface area contributed by atoms with Crippen molar-refractivity contribution in [1.29, 1.82) is 0 Å². The summed E-state index contributed by atoms with van der Waals surface area (Å²) in [5.41, 5.74) is 6.02. The summed E-state index contributed by atoms with van der Waals surface area (Å²) in [7, 11) is 0. The molecule has 0 atom stereocenters. The smallest absolute Gasteiger partial charge is 0.345 e. The van der Waals surface area contributed by atoms with Gasteiger partial charge in [-0.3, -0.25) is 10.1 Å². The summed E-state index contributed by atoms with van der Waals surface area (Å²) < 4.78 is 5.19. The number of alkyl halides is 1. The molecule has 0 unspecified atom stereocenters. The Morgan fingerprint density at radius 1 is 1.22 bits per heavy atom. The van der Waals surface area contributed by atoms with E-state index in [9.17, 15) is 14.9 Å². The third kappa shape index (κ3) is 4.27. The molecule has 0 spiro atoms. The molecule has 0 saturated carbocycles. The molecule has 118 valence electrons. The van der Waals surface area contributed by atoms with Gasteiger partial charge in [-0.15, -0.1) is 11.6 Å². The molecular formula is C15H12ClN3O4. The van der Waals surface area contributed by atoms with Crippen LogP contribution in [0.5, 0.6) is 5.75 Å². The van der Waals surface area contributed by atoms with Crippen LogP contribution in [0.3, 0.4) is 0 Å². The summed E-state index contributed by atoms with van der Waals surface area (Å²) in [4.78, 5) is 26.3. The van der Waals surface area contributed by atoms with Crippen LogP contribution in [0, 0.1) is 10.1 Å². The van der Waals surface area contributed by atoms with Crippen LogP contribution in [-0.2, 0) is 0 Å². The van der Waals surface area contributed by atoms with Crippen LogP contribution in [0.4, 0.5) is 11.4 Å². The second-order valence-electron chi connectivity index (χ2n) is 4.39. The molecule has 0 saturated heterocycles. The van der Waals surface area contributed by atoms with Gasteiger partial charge in [-0.1, -0.05) is 12.1 Å². The number of para-hydroxylation sites is 1. The van der Waals surface area contributed by atoms with Gasteiger partial charge in [0.15, 0.2) is 0 Å². The number of rotatable bonds is 5. The van der Waals surface area contributed by atoms with E-state index in [4.69, 9.17) is 22.1 Å². The maximum Gasteiger partial charge on any atom is 0.345 e. The molecule has 8 heteroatoms. The Kier molecular flexibility index (Phi) is 5.27. The zero-order valence-electron chi connectivity index (χ0n) is 11.8. The standard InChI is InChI=1S/C15H12ClN3O4/c16-9-14(17)18-13-4-2-1-3-12(13)15(20)23-11-7-5-10(6-8-11)19(21)22/h1-8H,9H2,(H2,17,18). The van der Waals surface area contributed by atoms with Gasteiger partial charge in [0, 0.05) is 12.1 Å². The lowest BCUT2D eigenvalue weighted by Gasteiger charge is -2.07. The number of aliphatic imine (C=N–C) groups is 1. The molecule has 2 aromatic rings. The molecule has 2 N–H and O–H groups in total. The Hall–Kier alpha value is -2.93. The third-order valence-corrected chi connectivity index (χ3v) is 3.06. The number of esters is 1. The van der Waals surface area contributed by atoms with E-state index in [1.54, 1.807) is 18.2 Å². The molecule has 0 fully saturated rings. The van der Waals surface area contributed by atoms with Crippen LogP contribution < -0.4 is 10.5 Å². The quantitative estimate of drug-likeness (QED) is 0.172. The van der Waals surface area contributed by atoms with Gasteiger partial charge in [0.2, 0.25) is 0 Å². The average Bonchev–Trinajstić information content (AvgIpc) is 2.55. The highest BCUT2D eigenvalue weighted by Gasteiger charge is 2.14. The minimum atomic E-state index is -0.652. The number of carbonyl (C=O) groups excluding carboxylic acids is 1. The third-order valence-electron chi connectivity index (χ3n) is 2.78. The van der Waals surface area contributed by atoms with E-state index < -0.39 is 10.9 Å². The number of benzene rings is 2. The topological polar surface area (TPSA) is 108 Å². The number of nitrogens with two attached hydrogens (primary N) is 1. The Balaban J connectivity index is 2.22. The van der Waals surface area contributed by atoms with E-state index in [0.717, 1.165) is 0 Å². The van der Waals surface area contributed by atoms with E-state index in [1.807, 2.05) is 0 Å². The van der Waals surface area contributed by atoms with Gasteiger partial charge in [0.05, 0.1) is 22.1 Å². The lowest BCUT2D eigenvalue weighted by molar-refractivity contribution is -0.384. The van der Waals surface area contributed by atoms with Crippen LogP contribution in [0.25, 0.3) is 0 Å². The lowest BCUT2D eigenvalue weighted by Crippen LogP contribution is -2.14. The predicted octanol–water partition coefficient (Wildman–Crippen LogP) is 3.04. The first-order valence-electron chi connectivity index (χ1n) is 6.46. The maximum atomic E-state index is 12.2. The molecule has 0 aliphatic carbocycles. The Labute approximate surface area is 136 Å². The second kappa shape index (κ2) is 7.37. The van der Waals surface area contributed by atoms with Crippen molar-refractivity contribution in [1.82, 2.24) is 0 Å². The van der Waals surface area contributed by atoms with Crippen molar-refractivity contribution in [3.05, 3.63) is 64.2 Å². The summed E-state index contributed by atoms with van der Waals surface area (Å²) in [6, 6.07) is 11.7. The first kappa shape index (κ1) is 16.4. The number of nitrogens with zero attached hydrogens (tertiary/aromatic N) is 2. The summed E-state index contributed by atoms with van der Waals surface area (Å²) >= 11 is 5.58. The number of amidine groups is 1. The normalized spacial score (nSPS) is 11.1. The van der Waals surface area contributed by atoms with Crippen molar-refractivity contribution in [2.45, 2.75) is 0 Å². The van der Waals surface area contributed by atoms with E-state index in [1.165, 1.54) is 30.3 Å². The fraction of sp³-hybridized carbons (Fsp3) is 0.0667. The first-order valence-corrected chi connectivity index (χ1v) is 6.99. The van der Waals surface area contributed by atoms with Crippen molar-refractivity contribution in [2.75, 3.05) is 5.88 Å².